The molecule has 1 aliphatic rings. The van der Waals surface area contributed by atoms with E-state index >= 15 is 0 Å². The van der Waals surface area contributed by atoms with Crippen molar-refractivity contribution in [3.05, 3.63) is 24.0 Å². The number of thioether (sulfide) groups is 1. The SMILES string of the molecule is CC.Cc1cc2c(NC3CCCCCC3)nccn2c1SC(F)(F)F. The predicted octanol–water partition coefficient (Wildman–Crippen LogP) is 6.42. The summed E-state index contributed by atoms with van der Waals surface area (Å²) in [4.78, 5) is 4.36. The average molecular weight is 373 g/mol. The van der Waals surface area contributed by atoms with E-state index in [1.807, 2.05) is 13.8 Å². The van der Waals surface area contributed by atoms with Gasteiger partial charge in [0.25, 0.3) is 0 Å². The Labute approximate surface area is 151 Å². The van der Waals surface area contributed by atoms with E-state index in [0.29, 0.717) is 22.9 Å². The van der Waals surface area contributed by atoms with Gasteiger partial charge in [0, 0.05) is 30.2 Å². The smallest absolute Gasteiger partial charge is 0.366 e. The summed E-state index contributed by atoms with van der Waals surface area (Å²) < 4.78 is 39.9. The Kier molecular flexibility index (Phi) is 7.04. The highest BCUT2D eigenvalue weighted by molar-refractivity contribution is 8.00. The fourth-order valence-electron chi connectivity index (χ4n) is 3.17. The summed E-state index contributed by atoms with van der Waals surface area (Å²) in [6.45, 7) is 5.70. The standard InChI is InChI=1S/C16H20F3N3S.C2H6/c1-11-10-13-14(21-12-6-4-2-3-5-7-12)20-8-9-22(13)15(11)23-16(17,18)19;1-2/h8-10,12H,2-7H2,1H3,(H,20,21);1-2H3. The Morgan fingerprint density at radius 2 is 1.80 bits per heavy atom. The second-order valence-corrected chi connectivity index (χ2v) is 7.10. The molecular weight excluding hydrogens is 347 g/mol. The lowest BCUT2D eigenvalue weighted by molar-refractivity contribution is -0.0330. The van der Waals surface area contributed by atoms with Gasteiger partial charge in [-0.15, -0.1) is 0 Å². The highest BCUT2D eigenvalue weighted by atomic mass is 32.2. The Balaban J connectivity index is 0.00000109. The van der Waals surface area contributed by atoms with E-state index in [1.54, 1.807) is 29.8 Å². The number of alkyl halides is 3. The molecule has 0 bridgehead atoms. The van der Waals surface area contributed by atoms with Gasteiger partial charge in [0.15, 0.2) is 5.82 Å². The maximum atomic E-state index is 12.8. The molecule has 2 aromatic rings. The van der Waals surface area contributed by atoms with Crippen molar-refractivity contribution in [2.45, 2.75) is 75.9 Å². The molecular formula is C18H26F3N3S. The van der Waals surface area contributed by atoms with Crippen LogP contribution < -0.4 is 5.32 Å². The second kappa shape index (κ2) is 8.83. The molecule has 2 heterocycles. The summed E-state index contributed by atoms with van der Waals surface area (Å²) in [5.74, 6) is 0.677. The predicted molar refractivity (Wildman–Crippen MR) is 98.3 cm³/mol. The number of halogens is 3. The van der Waals surface area contributed by atoms with Crippen LogP contribution in [0.15, 0.2) is 23.5 Å². The van der Waals surface area contributed by atoms with Crippen molar-refractivity contribution in [3.63, 3.8) is 0 Å². The van der Waals surface area contributed by atoms with Gasteiger partial charge in [-0.25, -0.2) is 4.98 Å². The number of aryl methyl sites for hydroxylation is 1. The third kappa shape index (κ3) is 5.30. The topological polar surface area (TPSA) is 29.3 Å². The van der Waals surface area contributed by atoms with Crippen LogP contribution in [0.4, 0.5) is 19.0 Å². The van der Waals surface area contributed by atoms with E-state index in [1.165, 1.54) is 25.7 Å². The number of hydrogen-bond donors (Lipinski definition) is 1. The van der Waals surface area contributed by atoms with Gasteiger partial charge in [0.1, 0.15) is 0 Å². The molecule has 0 spiro atoms. The van der Waals surface area contributed by atoms with E-state index in [9.17, 15) is 13.2 Å². The Morgan fingerprint density at radius 3 is 2.40 bits per heavy atom. The van der Waals surface area contributed by atoms with E-state index in [-0.39, 0.29) is 16.8 Å². The second-order valence-electron chi connectivity index (χ2n) is 6.04. The van der Waals surface area contributed by atoms with Crippen molar-refractivity contribution >= 4 is 23.1 Å². The minimum atomic E-state index is -4.29. The Morgan fingerprint density at radius 1 is 1.16 bits per heavy atom. The number of fused-ring (bicyclic) bond motifs is 1. The lowest BCUT2D eigenvalue weighted by atomic mass is 10.1. The summed E-state index contributed by atoms with van der Waals surface area (Å²) in [6.07, 6.45) is 10.2. The zero-order chi connectivity index (χ0) is 18.4. The first-order chi connectivity index (χ1) is 11.9. The molecule has 0 unspecified atom stereocenters. The van der Waals surface area contributed by atoms with Gasteiger partial charge in [-0.1, -0.05) is 39.5 Å². The van der Waals surface area contributed by atoms with Crippen molar-refractivity contribution < 1.29 is 13.2 Å². The molecule has 1 N–H and O–H groups in total. The van der Waals surface area contributed by atoms with Gasteiger partial charge >= 0.3 is 5.51 Å². The van der Waals surface area contributed by atoms with Crippen LogP contribution in [0.5, 0.6) is 0 Å². The molecule has 0 aliphatic heterocycles. The van der Waals surface area contributed by atoms with Gasteiger partial charge in [0.05, 0.1) is 10.5 Å². The first kappa shape index (κ1) is 19.9. The van der Waals surface area contributed by atoms with Crippen LogP contribution in [0.1, 0.15) is 57.9 Å². The molecule has 2 aromatic heterocycles. The quantitative estimate of drug-likeness (QED) is 0.497. The zero-order valence-corrected chi connectivity index (χ0v) is 15.8. The van der Waals surface area contributed by atoms with Crippen LogP contribution in [0.2, 0.25) is 0 Å². The van der Waals surface area contributed by atoms with Gasteiger partial charge in [0.2, 0.25) is 0 Å². The summed E-state index contributed by atoms with van der Waals surface area (Å²) in [6, 6.07) is 2.13. The molecule has 25 heavy (non-hydrogen) atoms. The lowest BCUT2D eigenvalue weighted by Crippen LogP contribution is -2.19. The molecule has 3 nitrogen and oxygen atoms in total. The average Bonchev–Trinajstić information content (AvgIpc) is 2.75. The molecule has 0 saturated heterocycles. The van der Waals surface area contributed by atoms with E-state index in [0.717, 1.165) is 12.8 Å². The third-order valence-electron chi connectivity index (χ3n) is 4.24. The number of nitrogens with zero attached hydrogens (tertiary/aromatic N) is 2. The van der Waals surface area contributed by atoms with Crippen LogP contribution in [-0.2, 0) is 0 Å². The Bertz CT molecular complexity index is 674. The molecule has 140 valence electrons. The summed E-state index contributed by atoms with van der Waals surface area (Å²) in [5.41, 5.74) is -2.97. The van der Waals surface area contributed by atoms with Crippen molar-refractivity contribution in [1.82, 2.24) is 9.38 Å². The monoisotopic (exact) mass is 373 g/mol. The van der Waals surface area contributed by atoms with E-state index in [2.05, 4.69) is 10.3 Å². The maximum Gasteiger partial charge on any atom is 0.447 e. The summed E-state index contributed by atoms with van der Waals surface area (Å²) in [7, 11) is 0. The summed E-state index contributed by atoms with van der Waals surface area (Å²) >= 11 is -0.0710. The largest absolute Gasteiger partial charge is 0.447 e. The van der Waals surface area contributed by atoms with Gasteiger partial charge in [-0.05, 0) is 31.4 Å². The molecule has 0 atom stereocenters. The van der Waals surface area contributed by atoms with Crippen LogP contribution >= 0.6 is 11.8 Å². The highest BCUT2D eigenvalue weighted by Crippen LogP contribution is 2.40. The van der Waals surface area contributed by atoms with Crippen molar-refractivity contribution in [2.24, 2.45) is 0 Å². The highest BCUT2D eigenvalue weighted by Gasteiger charge is 2.32. The van der Waals surface area contributed by atoms with Gasteiger partial charge < -0.3 is 9.72 Å². The van der Waals surface area contributed by atoms with Crippen molar-refractivity contribution in [3.8, 4) is 0 Å². The number of hydrogen-bond acceptors (Lipinski definition) is 3. The van der Waals surface area contributed by atoms with Crippen molar-refractivity contribution in [1.29, 1.82) is 0 Å². The normalized spacial score (nSPS) is 16.2. The first-order valence-corrected chi connectivity index (χ1v) is 9.74. The summed E-state index contributed by atoms with van der Waals surface area (Å²) in [5, 5.41) is 3.65. The minimum absolute atomic E-state index is 0.0710. The molecule has 1 saturated carbocycles. The van der Waals surface area contributed by atoms with Crippen LogP contribution in [0.25, 0.3) is 5.52 Å². The van der Waals surface area contributed by atoms with Crippen LogP contribution in [0.3, 0.4) is 0 Å². The fraction of sp³-hybridized carbons (Fsp3) is 0.611. The number of anilines is 1. The molecule has 3 rings (SSSR count). The zero-order valence-electron chi connectivity index (χ0n) is 15.0. The minimum Gasteiger partial charge on any atom is -0.366 e. The maximum absolute atomic E-state index is 12.8. The van der Waals surface area contributed by atoms with Crippen molar-refractivity contribution in [2.75, 3.05) is 5.32 Å². The fourth-order valence-corrected chi connectivity index (χ4v) is 3.87. The Hall–Kier alpha value is -1.37. The van der Waals surface area contributed by atoms with E-state index < -0.39 is 5.51 Å². The molecule has 1 aliphatic carbocycles. The molecule has 7 heteroatoms. The van der Waals surface area contributed by atoms with Gasteiger partial charge in [-0.2, -0.15) is 13.2 Å². The van der Waals surface area contributed by atoms with Gasteiger partial charge in [-0.3, -0.25) is 0 Å². The lowest BCUT2D eigenvalue weighted by Gasteiger charge is -2.17. The first-order valence-electron chi connectivity index (χ1n) is 8.93. The molecule has 0 radical (unpaired) electrons. The number of nitrogens with one attached hydrogen (secondary N) is 1. The number of rotatable bonds is 3. The van der Waals surface area contributed by atoms with E-state index in [4.69, 9.17) is 0 Å². The molecule has 0 aromatic carbocycles. The third-order valence-corrected chi connectivity index (χ3v) is 5.18. The molecule has 0 amide bonds. The van der Waals surface area contributed by atoms with Crippen LogP contribution in [0, 0.1) is 6.92 Å². The molecule has 1 fully saturated rings. The number of aromatic nitrogens is 2. The van der Waals surface area contributed by atoms with Crippen LogP contribution in [-0.4, -0.2) is 20.9 Å².